The van der Waals surface area contributed by atoms with Crippen LogP contribution in [0.3, 0.4) is 0 Å². The second-order valence-corrected chi connectivity index (χ2v) is 7.12. The summed E-state index contributed by atoms with van der Waals surface area (Å²) >= 11 is 11.7. The zero-order chi connectivity index (χ0) is 13.2. The molecule has 1 unspecified atom stereocenters. The summed E-state index contributed by atoms with van der Waals surface area (Å²) in [7, 11) is -3.28. The first-order valence-corrected chi connectivity index (χ1v) is 8.38. The summed E-state index contributed by atoms with van der Waals surface area (Å²) in [6, 6.07) is 7.26. The van der Waals surface area contributed by atoms with E-state index in [1.165, 1.54) is 4.31 Å². The van der Waals surface area contributed by atoms with Crippen molar-refractivity contribution in [2.24, 2.45) is 0 Å². The fourth-order valence-corrected chi connectivity index (χ4v) is 4.63. The average molecular weight is 308 g/mol. The van der Waals surface area contributed by atoms with Crippen LogP contribution in [0.5, 0.6) is 0 Å². The van der Waals surface area contributed by atoms with Crippen molar-refractivity contribution < 1.29 is 8.42 Å². The van der Waals surface area contributed by atoms with Gasteiger partial charge in [-0.05, 0) is 24.5 Å². The highest BCUT2D eigenvalue weighted by molar-refractivity contribution is 7.89. The van der Waals surface area contributed by atoms with Gasteiger partial charge < -0.3 is 0 Å². The molecule has 100 valence electrons. The molecular formula is C12H15Cl2NO2S. The van der Waals surface area contributed by atoms with Gasteiger partial charge in [0.25, 0.3) is 0 Å². The Morgan fingerprint density at radius 1 is 1.33 bits per heavy atom. The monoisotopic (exact) mass is 307 g/mol. The first-order chi connectivity index (χ1) is 8.56. The SMILES string of the molecule is O=S(=O)(CCCl)N1CCCC1c1ccccc1Cl. The molecule has 0 radical (unpaired) electrons. The maximum Gasteiger partial charge on any atom is 0.215 e. The van der Waals surface area contributed by atoms with Crippen molar-refractivity contribution in [1.29, 1.82) is 0 Å². The zero-order valence-electron chi connectivity index (χ0n) is 9.85. The largest absolute Gasteiger partial charge is 0.215 e. The topological polar surface area (TPSA) is 37.4 Å². The lowest BCUT2D eigenvalue weighted by Crippen LogP contribution is -2.33. The molecule has 0 N–H and O–H groups in total. The van der Waals surface area contributed by atoms with Crippen molar-refractivity contribution in [2.45, 2.75) is 18.9 Å². The van der Waals surface area contributed by atoms with Crippen LogP contribution in [0.25, 0.3) is 0 Å². The number of alkyl halides is 1. The molecule has 1 saturated heterocycles. The highest BCUT2D eigenvalue weighted by Gasteiger charge is 2.35. The Bertz CT molecular complexity index is 519. The summed E-state index contributed by atoms with van der Waals surface area (Å²) < 4.78 is 25.8. The van der Waals surface area contributed by atoms with Crippen molar-refractivity contribution in [1.82, 2.24) is 4.31 Å². The van der Waals surface area contributed by atoms with E-state index < -0.39 is 10.0 Å². The van der Waals surface area contributed by atoms with Gasteiger partial charge in [0.05, 0.1) is 11.8 Å². The lowest BCUT2D eigenvalue weighted by Gasteiger charge is -2.24. The Morgan fingerprint density at radius 2 is 2.06 bits per heavy atom. The third-order valence-corrected chi connectivity index (χ3v) is 5.79. The molecule has 2 rings (SSSR count). The molecule has 0 spiro atoms. The van der Waals surface area contributed by atoms with Gasteiger partial charge in [-0.2, -0.15) is 4.31 Å². The summed E-state index contributed by atoms with van der Waals surface area (Å²) in [5.41, 5.74) is 0.884. The van der Waals surface area contributed by atoms with E-state index in [0.29, 0.717) is 11.6 Å². The molecule has 1 aliphatic rings. The summed E-state index contributed by atoms with van der Waals surface area (Å²) in [6.07, 6.45) is 1.67. The predicted octanol–water partition coefficient (Wildman–Crippen LogP) is 3.05. The molecule has 1 aromatic carbocycles. The number of nitrogens with zero attached hydrogens (tertiary/aromatic N) is 1. The molecule has 1 aliphatic heterocycles. The Labute approximate surface area is 118 Å². The number of benzene rings is 1. The number of hydrogen-bond donors (Lipinski definition) is 0. The van der Waals surface area contributed by atoms with Crippen LogP contribution in [0.4, 0.5) is 0 Å². The number of rotatable bonds is 4. The molecule has 3 nitrogen and oxygen atoms in total. The van der Waals surface area contributed by atoms with E-state index >= 15 is 0 Å². The fourth-order valence-electron chi connectivity index (χ4n) is 2.34. The van der Waals surface area contributed by atoms with Crippen molar-refractivity contribution in [3.05, 3.63) is 34.9 Å². The molecular weight excluding hydrogens is 293 g/mol. The van der Waals surface area contributed by atoms with Gasteiger partial charge in [-0.15, -0.1) is 11.6 Å². The first kappa shape index (κ1) is 14.1. The molecule has 0 aliphatic carbocycles. The molecule has 1 heterocycles. The van der Waals surface area contributed by atoms with Gasteiger partial charge in [0.15, 0.2) is 0 Å². The summed E-state index contributed by atoms with van der Waals surface area (Å²) in [5, 5.41) is 0.621. The molecule has 1 fully saturated rings. The fraction of sp³-hybridized carbons (Fsp3) is 0.500. The van der Waals surface area contributed by atoms with Gasteiger partial charge in [0.1, 0.15) is 0 Å². The Balaban J connectivity index is 2.31. The summed E-state index contributed by atoms with van der Waals surface area (Å²) in [5.74, 6) is 0.101. The molecule has 6 heteroatoms. The molecule has 0 aromatic heterocycles. The summed E-state index contributed by atoms with van der Waals surface area (Å²) in [6.45, 7) is 0.551. The van der Waals surface area contributed by atoms with E-state index in [9.17, 15) is 8.42 Å². The molecule has 18 heavy (non-hydrogen) atoms. The van der Waals surface area contributed by atoms with Crippen molar-refractivity contribution in [3.8, 4) is 0 Å². The smallest absolute Gasteiger partial charge is 0.212 e. The van der Waals surface area contributed by atoms with Gasteiger partial charge >= 0.3 is 0 Å². The number of hydrogen-bond acceptors (Lipinski definition) is 2. The van der Waals surface area contributed by atoms with Gasteiger partial charge in [-0.1, -0.05) is 29.8 Å². The van der Waals surface area contributed by atoms with E-state index in [4.69, 9.17) is 23.2 Å². The minimum Gasteiger partial charge on any atom is -0.212 e. The minimum absolute atomic E-state index is 0.0183. The minimum atomic E-state index is -3.28. The molecule has 0 amide bonds. The van der Waals surface area contributed by atoms with Crippen LogP contribution in [0, 0.1) is 0 Å². The quantitative estimate of drug-likeness (QED) is 0.802. The van der Waals surface area contributed by atoms with E-state index in [1.807, 2.05) is 18.2 Å². The lowest BCUT2D eigenvalue weighted by atomic mass is 10.1. The number of halogens is 2. The van der Waals surface area contributed by atoms with Crippen LogP contribution in [0.2, 0.25) is 5.02 Å². The standard InChI is InChI=1S/C12H15Cl2NO2S/c13-7-9-18(16,17)15-8-3-6-12(15)10-4-1-2-5-11(10)14/h1-2,4-5,12H,3,6-9H2. The van der Waals surface area contributed by atoms with E-state index in [0.717, 1.165) is 18.4 Å². The maximum absolute atomic E-state index is 12.1. The Morgan fingerprint density at radius 3 is 2.72 bits per heavy atom. The second-order valence-electron chi connectivity index (χ2n) is 4.30. The van der Waals surface area contributed by atoms with Crippen LogP contribution in [-0.4, -0.2) is 30.9 Å². The molecule has 0 bridgehead atoms. The van der Waals surface area contributed by atoms with Gasteiger partial charge in [-0.25, -0.2) is 8.42 Å². The Kier molecular flexibility index (Phi) is 4.54. The van der Waals surface area contributed by atoms with Gasteiger partial charge in [0.2, 0.25) is 10.0 Å². The predicted molar refractivity (Wildman–Crippen MR) is 74.6 cm³/mol. The highest BCUT2D eigenvalue weighted by atomic mass is 35.5. The summed E-state index contributed by atoms with van der Waals surface area (Å²) in [4.78, 5) is 0. The number of sulfonamides is 1. The Hall–Kier alpha value is -0.290. The van der Waals surface area contributed by atoms with Crippen LogP contribution in [0.1, 0.15) is 24.4 Å². The van der Waals surface area contributed by atoms with Crippen LogP contribution >= 0.6 is 23.2 Å². The maximum atomic E-state index is 12.1. The average Bonchev–Trinajstić information content (AvgIpc) is 2.79. The highest BCUT2D eigenvalue weighted by Crippen LogP contribution is 2.37. The van der Waals surface area contributed by atoms with E-state index in [2.05, 4.69) is 0 Å². The first-order valence-electron chi connectivity index (χ1n) is 5.86. The van der Waals surface area contributed by atoms with Crippen molar-refractivity contribution in [3.63, 3.8) is 0 Å². The molecule has 0 saturated carbocycles. The lowest BCUT2D eigenvalue weighted by molar-refractivity contribution is 0.398. The van der Waals surface area contributed by atoms with Crippen LogP contribution in [0.15, 0.2) is 24.3 Å². The van der Waals surface area contributed by atoms with E-state index in [1.54, 1.807) is 6.07 Å². The van der Waals surface area contributed by atoms with Crippen LogP contribution in [-0.2, 0) is 10.0 Å². The van der Waals surface area contributed by atoms with Crippen molar-refractivity contribution in [2.75, 3.05) is 18.2 Å². The van der Waals surface area contributed by atoms with Crippen LogP contribution < -0.4 is 0 Å². The van der Waals surface area contributed by atoms with Gasteiger partial charge in [0, 0.05) is 17.4 Å². The molecule has 1 aromatic rings. The zero-order valence-corrected chi connectivity index (χ0v) is 12.2. The third-order valence-electron chi connectivity index (χ3n) is 3.16. The molecule has 1 atom stereocenters. The second kappa shape index (κ2) is 5.78. The van der Waals surface area contributed by atoms with Gasteiger partial charge in [-0.3, -0.25) is 0 Å². The van der Waals surface area contributed by atoms with E-state index in [-0.39, 0.29) is 17.7 Å². The third kappa shape index (κ3) is 2.82. The normalized spacial score (nSPS) is 21.3. The van der Waals surface area contributed by atoms with Crippen molar-refractivity contribution >= 4 is 33.2 Å².